The van der Waals surface area contributed by atoms with Crippen molar-refractivity contribution in [2.24, 2.45) is 0 Å². The Balaban J connectivity index is 1.99. The molecular weight excluding hydrogens is 288 g/mol. The Morgan fingerprint density at radius 1 is 1.10 bits per heavy atom. The number of halogens is 1. The summed E-state index contributed by atoms with van der Waals surface area (Å²) >= 11 is 5.93. The van der Waals surface area contributed by atoms with Crippen molar-refractivity contribution in [3.05, 3.63) is 59.1 Å². The van der Waals surface area contributed by atoms with Gasteiger partial charge < -0.3 is 9.47 Å². The molecule has 0 aliphatic rings. The van der Waals surface area contributed by atoms with Gasteiger partial charge in [0.1, 0.15) is 11.5 Å². The van der Waals surface area contributed by atoms with E-state index in [0.29, 0.717) is 30.2 Å². The summed E-state index contributed by atoms with van der Waals surface area (Å²) in [4.78, 5) is 11.4. The van der Waals surface area contributed by atoms with Crippen LogP contribution in [0.3, 0.4) is 0 Å². The van der Waals surface area contributed by atoms with Crippen LogP contribution in [0.25, 0.3) is 0 Å². The molecule has 3 nitrogen and oxygen atoms in total. The van der Waals surface area contributed by atoms with Crippen LogP contribution in [0.15, 0.2) is 48.5 Å². The highest BCUT2D eigenvalue weighted by Crippen LogP contribution is 2.25. The molecular formula is C17H17ClO3. The van der Waals surface area contributed by atoms with Crippen LogP contribution < -0.4 is 4.74 Å². The first kappa shape index (κ1) is 15.4. The minimum absolute atomic E-state index is 0.182. The van der Waals surface area contributed by atoms with Crippen LogP contribution in [0.5, 0.6) is 11.5 Å². The van der Waals surface area contributed by atoms with E-state index in [9.17, 15) is 4.79 Å². The molecule has 2 rings (SSSR count). The van der Waals surface area contributed by atoms with Crippen molar-refractivity contribution in [3.63, 3.8) is 0 Å². The van der Waals surface area contributed by atoms with Gasteiger partial charge in [-0.1, -0.05) is 29.8 Å². The first-order chi connectivity index (χ1) is 10.2. The van der Waals surface area contributed by atoms with Gasteiger partial charge in [-0.2, -0.15) is 0 Å². The Bertz CT molecular complexity index is 610. The molecule has 0 amide bonds. The first-order valence-corrected chi connectivity index (χ1v) is 7.23. The first-order valence-electron chi connectivity index (χ1n) is 6.85. The zero-order valence-corrected chi connectivity index (χ0v) is 12.6. The smallest absolute Gasteiger partial charge is 0.306 e. The van der Waals surface area contributed by atoms with Crippen molar-refractivity contribution in [3.8, 4) is 11.5 Å². The minimum atomic E-state index is -0.182. The number of carbonyl (C=O) groups excluding carboxylic acids is 1. The normalized spacial score (nSPS) is 10.2. The standard InChI is InChI=1S/C17H17ClO3/c1-2-20-17(19)10-9-13-5-3-7-15(11-13)21-16-8-4-6-14(18)12-16/h3-8,11-12H,2,9-10H2,1H3. The van der Waals surface area contributed by atoms with Crippen LogP contribution in [0, 0.1) is 0 Å². The van der Waals surface area contributed by atoms with Crippen molar-refractivity contribution < 1.29 is 14.3 Å². The van der Waals surface area contributed by atoms with E-state index >= 15 is 0 Å². The molecule has 0 saturated carbocycles. The van der Waals surface area contributed by atoms with Crippen LogP contribution in [-0.2, 0) is 16.0 Å². The maximum absolute atomic E-state index is 11.4. The highest BCUT2D eigenvalue weighted by atomic mass is 35.5. The molecule has 0 fully saturated rings. The molecule has 110 valence electrons. The quantitative estimate of drug-likeness (QED) is 0.730. The molecule has 0 unspecified atom stereocenters. The number of hydrogen-bond acceptors (Lipinski definition) is 3. The molecule has 0 heterocycles. The molecule has 0 spiro atoms. The zero-order valence-electron chi connectivity index (χ0n) is 11.8. The average Bonchev–Trinajstić information content (AvgIpc) is 2.46. The van der Waals surface area contributed by atoms with E-state index in [-0.39, 0.29) is 5.97 Å². The lowest BCUT2D eigenvalue weighted by Gasteiger charge is -2.08. The van der Waals surface area contributed by atoms with E-state index in [2.05, 4.69) is 0 Å². The fourth-order valence-corrected chi connectivity index (χ4v) is 2.09. The van der Waals surface area contributed by atoms with Gasteiger partial charge in [0, 0.05) is 11.4 Å². The lowest BCUT2D eigenvalue weighted by molar-refractivity contribution is -0.143. The molecule has 0 atom stereocenters. The number of rotatable bonds is 6. The maximum Gasteiger partial charge on any atom is 0.306 e. The van der Waals surface area contributed by atoms with Gasteiger partial charge in [-0.05, 0) is 49.2 Å². The second-order valence-electron chi connectivity index (χ2n) is 4.51. The van der Waals surface area contributed by atoms with Crippen LogP contribution in [0.2, 0.25) is 5.02 Å². The molecule has 2 aromatic carbocycles. The molecule has 0 N–H and O–H groups in total. The summed E-state index contributed by atoms with van der Waals surface area (Å²) in [5.41, 5.74) is 1.03. The highest BCUT2D eigenvalue weighted by Gasteiger charge is 2.04. The second-order valence-corrected chi connectivity index (χ2v) is 4.95. The number of benzene rings is 2. The molecule has 21 heavy (non-hydrogen) atoms. The molecule has 0 saturated heterocycles. The summed E-state index contributed by atoms with van der Waals surface area (Å²) in [7, 11) is 0. The van der Waals surface area contributed by atoms with Crippen LogP contribution in [0.1, 0.15) is 18.9 Å². The fourth-order valence-electron chi connectivity index (χ4n) is 1.91. The molecule has 0 bridgehead atoms. The molecule has 4 heteroatoms. The van der Waals surface area contributed by atoms with Gasteiger partial charge in [-0.15, -0.1) is 0 Å². The summed E-state index contributed by atoms with van der Waals surface area (Å²) in [6.45, 7) is 2.22. The van der Waals surface area contributed by atoms with Gasteiger partial charge in [0.25, 0.3) is 0 Å². The predicted octanol–water partition coefficient (Wildman–Crippen LogP) is 4.63. The van der Waals surface area contributed by atoms with Crippen molar-refractivity contribution in [2.45, 2.75) is 19.8 Å². The monoisotopic (exact) mass is 304 g/mol. The van der Waals surface area contributed by atoms with Gasteiger partial charge in [0.15, 0.2) is 0 Å². The Hall–Kier alpha value is -2.00. The summed E-state index contributed by atoms with van der Waals surface area (Å²) in [6.07, 6.45) is 1.00. The van der Waals surface area contributed by atoms with E-state index in [4.69, 9.17) is 21.1 Å². The highest BCUT2D eigenvalue weighted by molar-refractivity contribution is 6.30. The van der Waals surface area contributed by atoms with E-state index < -0.39 is 0 Å². The summed E-state index contributed by atoms with van der Waals surface area (Å²) in [5, 5.41) is 0.631. The predicted molar refractivity (Wildman–Crippen MR) is 82.9 cm³/mol. The molecule has 0 aliphatic carbocycles. The largest absolute Gasteiger partial charge is 0.466 e. The van der Waals surface area contributed by atoms with Gasteiger partial charge >= 0.3 is 5.97 Å². The van der Waals surface area contributed by atoms with Crippen LogP contribution in [0.4, 0.5) is 0 Å². The van der Waals surface area contributed by atoms with Gasteiger partial charge in [0.2, 0.25) is 0 Å². The van der Waals surface area contributed by atoms with E-state index in [1.165, 1.54) is 0 Å². The average molecular weight is 305 g/mol. The Morgan fingerprint density at radius 2 is 1.81 bits per heavy atom. The van der Waals surface area contributed by atoms with Gasteiger partial charge in [0.05, 0.1) is 6.61 Å². The van der Waals surface area contributed by atoms with Crippen molar-refractivity contribution in [2.75, 3.05) is 6.61 Å². The van der Waals surface area contributed by atoms with E-state index in [0.717, 1.165) is 11.3 Å². The molecule has 2 aromatic rings. The van der Waals surface area contributed by atoms with Crippen LogP contribution in [-0.4, -0.2) is 12.6 Å². The number of esters is 1. The number of ether oxygens (including phenoxy) is 2. The summed E-state index contributed by atoms with van der Waals surface area (Å²) in [6, 6.07) is 14.9. The topological polar surface area (TPSA) is 35.5 Å². The molecule has 0 aliphatic heterocycles. The van der Waals surface area contributed by atoms with Crippen molar-refractivity contribution in [1.82, 2.24) is 0 Å². The summed E-state index contributed by atoms with van der Waals surface area (Å²) < 4.78 is 10.7. The van der Waals surface area contributed by atoms with E-state index in [1.54, 1.807) is 19.1 Å². The zero-order chi connectivity index (χ0) is 15.1. The summed E-state index contributed by atoms with van der Waals surface area (Å²) in [5.74, 6) is 1.22. The van der Waals surface area contributed by atoms with Gasteiger partial charge in [-0.25, -0.2) is 0 Å². The number of hydrogen-bond donors (Lipinski definition) is 0. The third-order valence-corrected chi connectivity index (χ3v) is 3.09. The van der Waals surface area contributed by atoms with Crippen LogP contribution >= 0.6 is 11.6 Å². The maximum atomic E-state index is 11.4. The van der Waals surface area contributed by atoms with Gasteiger partial charge in [-0.3, -0.25) is 4.79 Å². The van der Waals surface area contributed by atoms with E-state index in [1.807, 2.05) is 36.4 Å². The molecule has 0 radical (unpaired) electrons. The third kappa shape index (κ3) is 5.12. The van der Waals surface area contributed by atoms with Crippen molar-refractivity contribution >= 4 is 17.6 Å². The lowest BCUT2D eigenvalue weighted by Crippen LogP contribution is -2.05. The van der Waals surface area contributed by atoms with Crippen molar-refractivity contribution in [1.29, 1.82) is 0 Å². The second kappa shape index (κ2) is 7.70. The number of aryl methyl sites for hydroxylation is 1. The fraction of sp³-hybridized carbons (Fsp3) is 0.235. The lowest BCUT2D eigenvalue weighted by atomic mass is 10.1. The molecule has 0 aromatic heterocycles. The Morgan fingerprint density at radius 3 is 2.52 bits per heavy atom. The minimum Gasteiger partial charge on any atom is -0.466 e. The third-order valence-electron chi connectivity index (χ3n) is 2.85. The SMILES string of the molecule is CCOC(=O)CCc1cccc(Oc2cccc(Cl)c2)c1. The number of carbonyl (C=O) groups is 1. The Kier molecular flexibility index (Phi) is 5.64. The Labute approximate surface area is 129 Å².